The molecule has 5 aromatic rings. The Labute approximate surface area is 352 Å². The first-order valence-electron chi connectivity index (χ1n) is 18.9. The zero-order chi connectivity index (χ0) is 46.4. The highest BCUT2D eigenvalue weighted by Gasteiger charge is 2.45. The number of aryl methyl sites for hydroxylation is 2. The molecule has 12 nitrogen and oxygen atoms in total. The fraction of sp³-hybridized carbons (Fsp3) is 0.293. The lowest BCUT2D eigenvalue weighted by Crippen LogP contribution is -2.36. The number of imide groups is 1. The quantitative estimate of drug-likeness (QED) is 0.0749. The van der Waals surface area contributed by atoms with Crippen molar-refractivity contribution in [1.82, 2.24) is 20.0 Å². The second-order valence-electron chi connectivity index (χ2n) is 14.8. The van der Waals surface area contributed by atoms with Crippen LogP contribution in [0, 0.1) is 17.5 Å². The van der Waals surface area contributed by atoms with Gasteiger partial charge in [0.2, 0.25) is 0 Å². The predicted molar refractivity (Wildman–Crippen MR) is 208 cm³/mol. The third-order valence-electron chi connectivity index (χ3n) is 10.3. The Balaban J connectivity index is 1.31. The minimum atomic E-state index is -5.15. The van der Waals surface area contributed by atoms with Crippen LogP contribution in [0.3, 0.4) is 0 Å². The summed E-state index contributed by atoms with van der Waals surface area (Å²) < 4.78 is 151. The number of carbonyl (C=O) groups is 2. The molecule has 0 fully saturated rings. The highest BCUT2D eigenvalue weighted by Crippen LogP contribution is 2.47. The maximum atomic E-state index is 16.5. The molecule has 1 aliphatic heterocycles. The number of halogens is 9. The molecule has 2 heterocycles. The number of phosphoric acid groups is 1. The number of amides is 3. The van der Waals surface area contributed by atoms with Gasteiger partial charge >= 0.3 is 32.3 Å². The van der Waals surface area contributed by atoms with Gasteiger partial charge in [0.05, 0.1) is 39.4 Å². The number of nitrogens with zero attached hydrogens (tertiary/aromatic N) is 3. The molecule has 0 spiro atoms. The Bertz CT molecular complexity index is 2620. The largest absolute Gasteiger partial charge is 0.524 e. The molecule has 63 heavy (non-hydrogen) atoms. The van der Waals surface area contributed by atoms with E-state index in [0.29, 0.717) is 30.7 Å². The number of carbonyl (C=O) groups excluding carboxylic acids is 2. The monoisotopic (exact) mass is 913 g/mol. The van der Waals surface area contributed by atoms with Crippen molar-refractivity contribution >= 4 is 25.6 Å². The van der Waals surface area contributed by atoms with Crippen LogP contribution in [-0.4, -0.2) is 36.6 Å². The molecule has 0 saturated heterocycles. The number of nitrogens with one attached hydrogen (secondary N) is 2. The molecule has 336 valence electrons. The first-order valence-corrected chi connectivity index (χ1v) is 20.4. The van der Waals surface area contributed by atoms with Crippen molar-refractivity contribution in [2.75, 3.05) is 5.32 Å². The lowest BCUT2D eigenvalue weighted by molar-refractivity contribution is -0.143. The maximum absolute atomic E-state index is 16.5. The summed E-state index contributed by atoms with van der Waals surface area (Å²) in [6.07, 6.45) is -10.6. The summed E-state index contributed by atoms with van der Waals surface area (Å²) in [4.78, 5) is 44.3. The van der Waals surface area contributed by atoms with E-state index in [1.54, 1.807) is 19.2 Å². The van der Waals surface area contributed by atoms with Gasteiger partial charge in [0.1, 0.15) is 18.2 Å². The Morgan fingerprint density at radius 3 is 2.11 bits per heavy atom. The lowest BCUT2D eigenvalue weighted by atomic mass is 9.97. The number of phosphoric ester groups is 1. The van der Waals surface area contributed by atoms with Gasteiger partial charge < -0.3 is 14.6 Å². The van der Waals surface area contributed by atoms with Crippen LogP contribution >= 0.6 is 7.82 Å². The predicted octanol–water partition coefficient (Wildman–Crippen LogP) is 10.3. The van der Waals surface area contributed by atoms with Gasteiger partial charge in [-0.1, -0.05) is 44.2 Å². The number of hydrogen-bond donors (Lipinski definition) is 4. The lowest BCUT2D eigenvalue weighted by Gasteiger charge is -2.33. The van der Waals surface area contributed by atoms with Crippen LogP contribution in [-0.2, 0) is 59.7 Å². The molecule has 4 N–H and O–H groups in total. The minimum Gasteiger partial charge on any atom is -0.444 e. The van der Waals surface area contributed by atoms with E-state index < -0.39 is 96.6 Å². The van der Waals surface area contributed by atoms with Gasteiger partial charge in [-0.2, -0.15) is 31.4 Å². The van der Waals surface area contributed by atoms with E-state index in [0.717, 1.165) is 41.5 Å². The van der Waals surface area contributed by atoms with E-state index in [2.05, 4.69) is 4.52 Å². The first kappa shape index (κ1) is 46.6. The number of alkyl carbamates (subject to hydrolysis) is 1. The number of rotatable bonds is 11. The molecular weight excluding hydrogens is 876 g/mol. The summed E-state index contributed by atoms with van der Waals surface area (Å²) in [6, 6.07) is 9.54. The molecule has 0 unspecified atom stereocenters. The Hall–Kier alpha value is -5.89. The molecule has 22 heteroatoms. The second-order valence-corrected chi connectivity index (χ2v) is 16.0. The standard InChI is InChI=1S/C41H37F9N5O7P/c1-5-22-8-7-9-23(6-2)34(22)55-35(27-19-54(39(3,4)36(27)53-55)18-24-11-12-25(40(45,46)47)15-28(24)41(48,49)50)26-16-30(43)32(17-29(26)42)51-37(56)52-38(57)61-20-21-10-13-33(31(44)14-21)62-63(58,59)60/h7-17H,5-6,18-20H2,1-4H3,(H2,58,59,60)(H2,51,52,56,57). The van der Waals surface area contributed by atoms with Crippen molar-refractivity contribution in [2.24, 2.45) is 0 Å². The summed E-state index contributed by atoms with van der Waals surface area (Å²) in [5.74, 6) is -4.29. The van der Waals surface area contributed by atoms with Crippen molar-refractivity contribution in [3.8, 4) is 22.7 Å². The fourth-order valence-corrected chi connectivity index (χ4v) is 7.67. The van der Waals surface area contributed by atoms with Gasteiger partial charge in [-0.25, -0.2) is 37.3 Å². The molecule has 0 aliphatic carbocycles. The second kappa shape index (κ2) is 17.3. The van der Waals surface area contributed by atoms with Crippen molar-refractivity contribution in [3.05, 3.63) is 129 Å². The third-order valence-corrected chi connectivity index (χ3v) is 10.8. The van der Waals surface area contributed by atoms with Crippen molar-refractivity contribution in [3.63, 3.8) is 0 Å². The molecule has 0 radical (unpaired) electrons. The minimum absolute atomic E-state index is 0.0217. The zero-order valence-electron chi connectivity index (χ0n) is 33.5. The average Bonchev–Trinajstić information content (AvgIpc) is 3.67. The van der Waals surface area contributed by atoms with Crippen LogP contribution in [0.5, 0.6) is 5.75 Å². The number of alkyl halides is 6. The average molecular weight is 914 g/mol. The molecular formula is C41H37F9N5O7P. The van der Waals surface area contributed by atoms with Crippen molar-refractivity contribution < 1.29 is 72.7 Å². The Morgan fingerprint density at radius 1 is 0.857 bits per heavy atom. The molecule has 1 aromatic heterocycles. The molecule has 4 aromatic carbocycles. The number of anilines is 1. The maximum Gasteiger partial charge on any atom is 0.524 e. The zero-order valence-corrected chi connectivity index (χ0v) is 34.4. The number of aromatic nitrogens is 2. The van der Waals surface area contributed by atoms with E-state index in [9.17, 15) is 44.9 Å². The van der Waals surface area contributed by atoms with Gasteiger partial charge in [0.15, 0.2) is 11.6 Å². The van der Waals surface area contributed by atoms with Crippen LogP contribution in [0.4, 0.5) is 54.8 Å². The van der Waals surface area contributed by atoms with E-state index in [1.807, 2.05) is 37.4 Å². The van der Waals surface area contributed by atoms with Crippen LogP contribution in [0.1, 0.15) is 72.3 Å². The van der Waals surface area contributed by atoms with Crippen LogP contribution in [0.15, 0.2) is 66.7 Å². The molecule has 0 atom stereocenters. The van der Waals surface area contributed by atoms with Crippen molar-refractivity contribution in [1.29, 1.82) is 0 Å². The summed E-state index contributed by atoms with van der Waals surface area (Å²) >= 11 is 0. The number of ether oxygens (including phenoxy) is 1. The number of urea groups is 1. The number of hydrogen-bond acceptors (Lipinski definition) is 7. The highest BCUT2D eigenvalue weighted by atomic mass is 31.2. The highest BCUT2D eigenvalue weighted by molar-refractivity contribution is 7.46. The van der Waals surface area contributed by atoms with E-state index in [-0.39, 0.29) is 40.7 Å². The number of fused-ring (bicyclic) bond motifs is 1. The number of para-hydroxylation sites is 1. The van der Waals surface area contributed by atoms with Gasteiger partial charge in [-0.15, -0.1) is 0 Å². The van der Waals surface area contributed by atoms with Gasteiger partial charge in [0.25, 0.3) is 0 Å². The molecule has 6 rings (SSSR count). The van der Waals surface area contributed by atoms with Crippen LogP contribution in [0.2, 0.25) is 0 Å². The number of benzene rings is 4. The molecule has 3 amide bonds. The Morgan fingerprint density at radius 2 is 1.52 bits per heavy atom. The smallest absolute Gasteiger partial charge is 0.444 e. The normalized spacial score (nSPS) is 14.1. The van der Waals surface area contributed by atoms with Crippen molar-refractivity contribution in [2.45, 2.75) is 78.1 Å². The SMILES string of the molecule is CCc1cccc(CC)c1-n1nc2c(c1-c1cc(F)c(NC(=O)NC(=O)OCc3ccc(OP(=O)(O)O)c(F)c3)cc1F)CN(Cc1ccc(C(F)(F)F)cc1C(F)(F)F)C2(C)C. The van der Waals surface area contributed by atoms with Crippen LogP contribution in [0.25, 0.3) is 16.9 Å². The van der Waals surface area contributed by atoms with Gasteiger partial charge in [0, 0.05) is 30.3 Å². The fourth-order valence-electron chi connectivity index (χ4n) is 7.26. The Kier molecular flexibility index (Phi) is 12.8. The van der Waals surface area contributed by atoms with Gasteiger partial charge in [-0.05, 0) is 79.3 Å². The van der Waals surface area contributed by atoms with E-state index in [4.69, 9.17) is 19.6 Å². The third kappa shape index (κ3) is 10.0. The first-order chi connectivity index (χ1) is 29.3. The summed E-state index contributed by atoms with van der Waals surface area (Å²) in [5, 5.41) is 8.60. The van der Waals surface area contributed by atoms with Gasteiger partial charge in [-0.3, -0.25) is 14.7 Å². The summed E-state index contributed by atoms with van der Waals surface area (Å²) in [6.45, 7) is 5.66. The molecule has 1 aliphatic rings. The topological polar surface area (TPSA) is 155 Å². The van der Waals surface area contributed by atoms with Crippen LogP contribution < -0.4 is 15.2 Å². The summed E-state index contributed by atoms with van der Waals surface area (Å²) in [7, 11) is -5.07. The molecule has 0 saturated carbocycles. The van der Waals surface area contributed by atoms with E-state index in [1.165, 1.54) is 9.58 Å². The summed E-state index contributed by atoms with van der Waals surface area (Å²) in [5.41, 5.74) is -3.10. The van der Waals surface area contributed by atoms with E-state index >= 15 is 8.78 Å². The molecule has 0 bridgehead atoms.